The first-order valence-corrected chi connectivity index (χ1v) is 3.80. The molecule has 0 amide bonds. The zero-order valence-electron chi connectivity index (χ0n) is 7.02. The molecule has 0 N–H and O–H groups in total. The summed E-state index contributed by atoms with van der Waals surface area (Å²) in [5.41, 5.74) is 0. The molecule has 2 heteroatoms. The fourth-order valence-electron chi connectivity index (χ4n) is 0.829. The van der Waals surface area contributed by atoms with Gasteiger partial charge < -0.3 is 4.74 Å². The molecule has 1 atom stereocenters. The molecule has 0 aliphatic carbocycles. The molecule has 0 spiro atoms. The van der Waals surface area contributed by atoms with Crippen molar-refractivity contribution < 1.29 is 9.53 Å². The van der Waals surface area contributed by atoms with Gasteiger partial charge in [0.05, 0.1) is 13.0 Å². The summed E-state index contributed by atoms with van der Waals surface area (Å²) >= 11 is 0. The Kier molecular flexibility index (Phi) is 4.99. The van der Waals surface area contributed by atoms with Crippen LogP contribution in [0.3, 0.4) is 0 Å². The van der Waals surface area contributed by atoms with E-state index < -0.39 is 0 Å². The third-order valence-corrected chi connectivity index (χ3v) is 1.59. The first-order chi connectivity index (χ1) is 4.72. The average molecular weight is 144 g/mol. The molecule has 0 aliphatic rings. The van der Waals surface area contributed by atoms with E-state index in [2.05, 4.69) is 11.7 Å². The highest BCUT2D eigenvalue weighted by Gasteiger charge is 2.10. The van der Waals surface area contributed by atoms with Crippen molar-refractivity contribution in [3.05, 3.63) is 0 Å². The van der Waals surface area contributed by atoms with Crippen molar-refractivity contribution in [2.24, 2.45) is 5.92 Å². The minimum Gasteiger partial charge on any atom is -0.469 e. The normalized spacial score (nSPS) is 12.7. The Balaban J connectivity index is 3.41. The molecule has 0 rings (SSSR count). The van der Waals surface area contributed by atoms with Gasteiger partial charge in [-0.05, 0) is 6.42 Å². The molecule has 10 heavy (non-hydrogen) atoms. The van der Waals surface area contributed by atoms with Crippen LogP contribution in [-0.4, -0.2) is 13.1 Å². The van der Waals surface area contributed by atoms with Gasteiger partial charge in [0.15, 0.2) is 0 Å². The summed E-state index contributed by atoms with van der Waals surface area (Å²) in [6.45, 7) is 4.02. The lowest BCUT2D eigenvalue weighted by Crippen LogP contribution is -2.12. The molecule has 0 heterocycles. The predicted octanol–water partition coefficient (Wildman–Crippen LogP) is 1.99. The second kappa shape index (κ2) is 5.27. The predicted molar refractivity (Wildman–Crippen MR) is 40.7 cm³/mol. The molecule has 0 saturated heterocycles. The third kappa shape index (κ3) is 3.49. The molecule has 2 nitrogen and oxygen atoms in total. The largest absolute Gasteiger partial charge is 0.469 e. The lowest BCUT2D eigenvalue weighted by atomic mass is 10.1. The summed E-state index contributed by atoms with van der Waals surface area (Å²) in [5.74, 6) is -0.0154. The van der Waals surface area contributed by atoms with Crippen molar-refractivity contribution in [3.8, 4) is 0 Å². The number of hydrogen-bond acceptors (Lipinski definition) is 2. The topological polar surface area (TPSA) is 26.3 Å². The van der Waals surface area contributed by atoms with Crippen LogP contribution in [0.2, 0.25) is 0 Å². The molecule has 60 valence electrons. The van der Waals surface area contributed by atoms with Crippen LogP contribution in [0.4, 0.5) is 0 Å². The maximum atomic E-state index is 10.8. The zero-order chi connectivity index (χ0) is 7.98. The minimum absolute atomic E-state index is 0.0740. The van der Waals surface area contributed by atoms with Crippen LogP contribution in [0.15, 0.2) is 0 Å². The van der Waals surface area contributed by atoms with Crippen LogP contribution in [0.25, 0.3) is 0 Å². The Morgan fingerprint density at radius 3 is 2.60 bits per heavy atom. The van der Waals surface area contributed by atoms with Crippen LogP contribution >= 0.6 is 0 Å². The van der Waals surface area contributed by atoms with Crippen LogP contribution in [0.1, 0.15) is 33.1 Å². The molecule has 0 aromatic rings. The van der Waals surface area contributed by atoms with Gasteiger partial charge >= 0.3 is 5.97 Å². The fourth-order valence-corrected chi connectivity index (χ4v) is 0.829. The summed E-state index contributed by atoms with van der Waals surface area (Å²) in [6, 6.07) is 0. The maximum absolute atomic E-state index is 10.8. The summed E-state index contributed by atoms with van der Waals surface area (Å²) in [6.07, 6.45) is 3.20. The summed E-state index contributed by atoms with van der Waals surface area (Å²) < 4.78 is 4.57. The monoisotopic (exact) mass is 144 g/mol. The molecule has 0 aromatic carbocycles. The lowest BCUT2D eigenvalue weighted by Gasteiger charge is -2.06. The molecule has 0 unspecified atom stereocenters. The Hall–Kier alpha value is -0.530. The molecular weight excluding hydrogens is 128 g/mol. The van der Waals surface area contributed by atoms with Gasteiger partial charge in [-0.1, -0.05) is 26.7 Å². The third-order valence-electron chi connectivity index (χ3n) is 1.59. The highest BCUT2D eigenvalue weighted by Crippen LogP contribution is 2.08. The van der Waals surface area contributed by atoms with E-state index in [1.54, 1.807) is 0 Å². The first kappa shape index (κ1) is 9.47. The number of rotatable bonds is 4. The second-order valence-electron chi connectivity index (χ2n) is 2.57. The van der Waals surface area contributed by atoms with Gasteiger partial charge in [0.25, 0.3) is 0 Å². The number of carbonyl (C=O) groups excluding carboxylic acids is 1. The highest BCUT2D eigenvalue weighted by atomic mass is 16.5. The van der Waals surface area contributed by atoms with Crippen molar-refractivity contribution in [2.45, 2.75) is 33.1 Å². The Bertz CT molecular complexity index is 99.4. The summed E-state index contributed by atoms with van der Waals surface area (Å²) in [7, 11) is 1.44. The maximum Gasteiger partial charge on any atom is 0.308 e. The van der Waals surface area contributed by atoms with Crippen molar-refractivity contribution >= 4 is 5.97 Å². The molecule has 0 saturated carbocycles. The van der Waals surface area contributed by atoms with E-state index in [4.69, 9.17) is 0 Å². The van der Waals surface area contributed by atoms with Gasteiger partial charge in [-0.25, -0.2) is 0 Å². The number of carbonyl (C=O) groups is 1. The number of ether oxygens (including phenoxy) is 1. The van der Waals surface area contributed by atoms with Crippen LogP contribution < -0.4 is 0 Å². The fraction of sp³-hybridized carbons (Fsp3) is 0.875. The standard InChI is InChI=1S/C8H16O2/c1-4-5-6-7(2)8(9)10-3/h7H,4-6H2,1-3H3/t7-/m0/s1. The molecular formula is C8H16O2. The van der Waals surface area contributed by atoms with Gasteiger partial charge in [-0.2, -0.15) is 0 Å². The highest BCUT2D eigenvalue weighted by molar-refractivity contribution is 5.71. The molecule has 0 radical (unpaired) electrons. The Morgan fingerprint density at radius 2 is 2.20 bits per heavy atom. The summed E-state index contributed by atoms with van der Waals surface area (Å²) in [4.78, 5) is 10.8. The SMILES string of the molecule is CCCC[C@H](C)C(=O)OC. The van der Waals surface area contributed by atoms with E-state index in [1.807, 2.05) is 6.92 Å². The Labute approximate surface area is 62.6 Å². The number of unbranched alkanes of at least 4 members (excludes halogenated alkanes) is 1. The quantitative estimate of drug-likeness (QED) is 0.564. The first-order valence-electron chi connectivity index (χ1n) is 3.80. The van der Waals surface area contributed by atoms with Gasteiger partial charge in [0.2, 0.25) is 0 Å². The van der Waals surface area contributed by atoms with Crippen LogP contribution in [-0.2, 0) is 9.53 Å². The van der Waals surface area contributed by atoms with E-state index in [9.17, 15) is 4.79 Å². The molecule has 0 aliphatic heterocycles. The summed E-state index contributed by atoms with van der Waals surface area (Å²) in [5, 5.41) is 0. The van der Waals surface area contributed by atoms with Crippen molar-refractivity contribution in [2.75, 3.05) is 7.11 Å². The van der Waals surface area contributed by atoms with Gasteiger partial charge in [-0.15, -0.1) is 0 Å². The molecule has 0 fully saturated rings. The minimum atomic E-state index is -0.0894. The molecule has 0 aromatic heterocycles. The van der Waals surface area contributed by atoms with Gasteiger partial charge in [-0.3, -0.25) is 4.79 Å². The van der Waals surface area contributed by atoms with Gasteiger partial charge in [0, 0.05) is 0 Å². The van der Waals surface area contributed by atoms with E-state index in [-0.39, 0.29) is 11.9 Å². The van der Waals surface area contributed by atoms with Gasteiger partial charge in [0.1, 0.15) is 0 Å². The molecule has 0 bridgehead atoms. The van der Waals surface area contributed by atoms with Crippen LogP contribution in [0.5, 0.6) is 0 Å². The average Bonchev–Trinajstić information content (AvgIpc) is 1.98. The van der Waals surface area contributed by atoms with E-state index in [1.165, 1.54) is 7.11 Å². The smallest absolute Gasteiger partial charge is 0.308 e. The van der Waals surface area contributed by atoms with E-state index >= 15 is 0 Å². The van der Waals surface area contributed by atoms with Crippen molar-refractivity contribution in [1.29, 1.82) is 0 Å². The van der Waals surface area contributed by atoms with Crippen molar-refractivity contribution in [3.63, 3.8) is 0 Å². The van der Waals surface area contributed by atoms with E-state index in [0.717, 1.165) is 19.3 Å². The second-order valence-corrected chi connectivity index (χ2v) is 2.57. The van der Waals surface area contributed by atoms with Crippen LogP contribution in [0, 0.1) is 5.92 Å². The number of esters is 1. The lowest BCUT2D eigenvalue weighted by molar-refractivity contribution is -0.145. The van der Waals surface area contributed by atoms with Crippen molar-refractivity contribution in [1.82, 2.24) is 0 Å². The Morgan fingerprint density at radius 1 is 1.60 bits per heavy atom. The van der Waals surface area contributed by atoms with E-state index in [0.29, 0.717) is 0 Å². The number of methoxy groups -OCH3 is 1. The number of hydrogen-bond donors (Lipinski definition) is 0. The zero-order valence-corrected chi connectivity index (χ0v) is 7.02.